The van der Waals surface area contributed by atoms with Crippen LogP contribution in [0.4, 0.5) is 10.5 Å². The lowest BCUT2D eigenvalue weighted by atomic mass is 10.1. The Hall–Kier alpha value is -5.66. The number of furan rings is 1. The van der Waals surface area contributed by atoms with Gasteiger partial charge >= 0.3 is 18.0 Å². The van der Waals surface area contributed by atoms with Gasteiger partial charge in [0.15, 0.2) is 5.76 Å². The van der Waals surface area contributed by atoms with Crippen LogP contribution in [0.2, 0.25) is 0 Å². The molecule has 14 heteroatoms. The summed E-state index contributed by atoms with van der Waals surface area (Å²) in [6, 6.07) is 15.0. The van der Waals surface area contributed by atoms with Gasteiger partial charge < -0.3 is 35.3 Å². The minimum atomic E-state index is -1.50. The van der Waals surface area contributed by atoms with Gasteiger partial charge in [-0.15, -0.1) is 0 Å². The number of para-hydroxylation sites is 1. The van der Waals surface area contributed by atoms with E-state index in [1.807, 2.05) is 30.3 Å². The first kappa shape index (κ1) is 34.2. The SMILES string of the molecule is O=C(NCCCC[C@H](NC(=O)c1ccco1)C(=O)N[C@H](CCC(=O)N1c2ccccc2C[C@H]1C(=O)O)C(=O)O)OCc1ccccc1. The Morgan fingerprint density at radius 2 is 1.62 bits per heavy atom. The van der Waals surface area contributed by atoms with Crippen molar-refractivity contribution < 1.29 is 48.1 Å². The first-order chi connectivity index (χ1) is 22.6. The van der Waals surface area contributed by atoms with Crippen molar-refractivity contribution in [2.75, 3.05) is 11.4 Å². The van der Waals surface area contributed by atoms with Crippen LogP contribution in [0.1, 0.15) is 53.8 Å². The van der Waals surface area contributed by atoms with E-state index in [4.69, 9.17) is 9.15 Å². The van der Waals surface area contributed by atoms with E-state index < -0.39 is 53.9 Å². The van der Waals surface area contributed by atoms with Crippen molar-refractivity contribution >= 4 is 41.4 Å². The summed E-state index contributed by atoms with van der Waals surface area (Å²) in [7, 11) is 0. The van der Waals surface area contributed by atoms with Crippen LogP contribution in [0.15, 0.2) is 77.4 Å². The maximum Gasteiger partial charge on any atom is 0.407 e. The van der Waals surface area contributed by atoms with Crippen LogP contribution in [0.3, 0.4) is 0 Å². The maximum atomic E-state index is 13.3. The standard InChI is InChI=1S/C33H36N4O10/c38-28(37-25-13-5-4-11-22(25)19-26(37)32(43)44)16-15-24(31(41)42)36-29(39)23(35-30(40)27-14-8-18-46-27)12-6-7-17-34-33(45)47-20-21-9-2-1-3-10-21/h1-5,8-11,13-14,18,23-24,26H,6-7,12,15-17,19-20H2,(H,34,45)(H,35,40)(H,36,39)(H,41,42)(H,43,44)/t23-,24+,26-/m0/s1. The van der Waals surface area contributed by atoms with Gasteiger partial charge in [-0.1, -0.05) is 48.5 Å². The molecular formula is C33H36N4O10. The van der Waals surface area contributed by atoms with Gasteiger partial charge in [0, 0.05) is 25.1 Å². The Labute approximate surface area is 270 Å². The van der Waals surface area contributed by atoms with Crippen LogP contribution in [-0.2, 0) is 36.9 Å². The molecule has 0 unspecified atom stereocenters. The first-order valence-corrected chi connectivity index (χ1v) is 15.1. The molecule has 3 aromatic rings. The number of nitrogens with one attached hydrogen (secondary N) is 3. The van der Waals surface area contributed by atoms with Crippen molar-refractivity contribution in [1.29, 1.82) is 0 Å². The van der Waals surface area contributed by atoms with E-state index >= 15 is 0 Å². The van der Waals surface area contributed by atoms with E-state index in [-0.39, 0.29) is 44.6 Å². The van der Waals surface area contributed by atoms with Gasteiger partial charge in [0.2, 0.25) is 11.8 Å². The zero-order chi connectivity index (χ0) is 33.8. The fourth-order valence-electron chi connectivity index (χ4n) is 5.15. The molecule has 0 aliphatic carbocycles. The number of carbonyl (C=O) groups is 6. The zero-order valence-corrected chi connectivity index (χ0v) is 25.4. The molecule has 248 valence electrons. The number of fused-ring (bicyclic) bond motifs is 1. The van der Waals surface area contributed by atoms with Gasteiger partial charge in [0.25, 0.3) is 5.91 Å². The monoisotopic (exact) mass is 648 g/mol. The van der Waals surface area contributed by atoms with Crippen molar-refractivity contribution in [1.82, 2.24) is 16.0 Å². The Kier molecular flexibility index (Phi) is 12.1. The summed E-state index contributed by atoms with van der Waals surface area (Å²) in [4.78, 5) is 76.2. The zero-order valence-electron chi connectivity index (χ0n) is 25.4. The highest BCUT2D eigenvalue weighted by Crippen LogP contribution is 2.33. The number of hydrogen-bond donors (Lipinski definition) is 5. The molecule has 0 bridgehead atoms. The third-order valence-corrected chi connectivity index (χ3v) is 7.56. The number of carboxylic acids is 2. The minimum Gasteiger partial charge on any atom is -0.480 e. The van der Waals surface area contributed by atoms with Gasteiger partial charge in [0.1, 0.15) is 24.7 Å². The Balaban J connectivity index is 1.32. The molecule has 4 rings (SSSR count). The second-order valence-corrected chi connectivity index (χ2v) is 10.9. The van der Waals surface area contributed by atoms with Crippen molar-refractivity contribution in [2.24, 2.45) is 0 Å². The van der Waals surface area contributed by atoms with Crippen molar-refractivity contribution in [3.05, 3.63) is 89.9 Å². The molecule has 3 atom stereocenters. The molecule has 2 heterocycles. The largest absolute Gasteiger partial charge is 0.480 e. The van der Waals surface area contributed by atoms with Gasteiger partial charge in [-0.2, -0.15) is 0 Å². The molecule has 0 saturated heterocycles. The summed E-state index contributed by atoms with van der Waals surface area (Å²) < 4.78 is 10.3. The normalized spacial score (nSPS) is 14.7. The molecule has 5 N–H and O–H groups in total. The molecule has 1 aliphatic rings. The molecular weight excluding hydrogens is 612 g/mol. The average molecular weight is 649 g/mol. The Bertz CT molecular complexity index is 1560. The number of ether oxygens (including phenoxy) is 1. The van der Waals surface area contributed by atoms with E-state index in [0.717, 1.165) is 10.5 Å². The van der Waals surface area contributed by atoms with Crippen molar-refractivity contribution in [2.45, 2.75) is 63.3 Å². The summed E-state index contributed by atoms with van der Waals surface area (Å²) in [5, 5.41) is 27.1. The van der Waals surface area contributed by atoms with Crippen molar-refractivity contribution in [3.63, 3.8) is 0 Å². The predicted molar refractivity (Wildman–Crippen MR) is 166 cm³/mol. The number of rotatable bonds is 16. The number of hydrogen-bond acceptors (Lipinski definition) is 8. The topological polar surface area (TPSA) is 205 Å². The molecule has 4 amide bonds. The predicted octanol–water partition coefficient (Wildman–Crippen LogP) is 2.87. The number of nitrogens with zero attached hydrogens (tertiary/aromatic N) is 1. The van der Waals surface area contributed by atoms with E-state index in [1.54, 1.807) is 24.3 Å². The van der Waals surface area contributed by atoms with Gasteiger partial charge in [0.05, 0.1) is 6.26 Å². The molecule has 0 spiro atoms. The molecule has 0 saturated carbocycles. The van der Waals surface area contributed by atoms with Crippen LogP contribution in [0.25, 0.3) is 0 Å². The van der Waals surface area contributed by atoms with Crippen LogP contribution in [0.5, 0.6) is 0 Å². The van der Waals surface area contributed by atoms with Crippen molar-refractivity contribution in [3.8, 4) is 0 Å². The van der Waals surface area contributed by atoms with Crippen LogP contribution in [0, 0.1) is 0 Å². The average Bonchev–Trinajstić information content (AvgIpc) is 3.74. The lowest BCUT2D eigenvalue weighted by Gasteiger charge is -2.24. The second-order valence-electron chi connectivity index (χ2n) is 10.9. The number of aliphatic carboxylic acids is 2. The molecule has 14 nitrogen and oxygen atoms in total. The lowest BCUT2D eigenvalue weighted by Crippen LogP contribution is -2.52. The summed E-state index contributed by atoms with van der Waals surface area (Å²) in [6.07, 6.45) is 0.991. The second kappa shape index (κ2) is 16.6. The van der Waals surface area contributed by atoms with E-state index in [2.05, 4.69) is 16.0 Å². The minimum absolute atomic E-state index is 0.0510. The first-order valence-electron chi connectivity index (χ1n) is 15.1. The lowest BCUT2D eigenvalue weighted by molar-refractivity contribution is -0.143. The fraction of sp³-hybridized carbons (Fsp3) is 0.333. The molecule has 1 aliphatic heterocycles. The van der Waals surface area contributed by atoms with Crippen LogP contribution in [-0.4, -0.2) is 70.6 Å². The third kappa shape index (κ3) is 9.66. The van der Waals surface area contributed by atoms with E-state index in [9.17, 15) is 39.0 Å². The summed E-state index contributed by atoms with van der Waals surface area (Å²) >= 11 is 0. The number of carbonyl (C=O) groups excluding carboxylic acids is 4. The number of carboxylic acid groups (broad SMARTS) is 2. The number of benzene rings is 2. The quantitative estimate of drug-likeness (QED) is 0.144. The highest BCUT2D eigenvalue weighted by Gasteiger charge is 2.38. The van der Waals surface area contributed by atoms with Gasteiger partial charge in [-0.3, -0.25) is 19.3 Å². The third-order valence-electron chi connectivity index (χ3n) is 7.56. The summed E-state index contributed by atoms with van der Waals surface area (Å²) in [6.45, 7) is 0.334. The smallest absolute Gasteiger partial charge is 0.407 e. The van der Waals surface area contributed by atoms with Gasteiger partial charge in [-0.25, -0.2) is 14.4 Å². The fourth-order valence-corrected chi connectivity index (χ4v) is 5.15. The maximum absolute atomic E-state index is 13.3. The molecule has 2 aromatic carbocycles. The molecule has 47 heavy (non-hydrogen) atoms. The number of amides is 4. The van der Waals surface area contributed by atoms with Gasteiger partial charge in [-0.05, 0) is 55.0 Å². The molecule has 0 fully saturated rings. The highest BCUT2D eigenvalue weighted by atomic mass is 16.5. The summed E-state index contributed by atoms with van der Waals surface area (Å²) in [5.74, 6) is -4.73. The van der Waals surface area contributed by atoms with E-state index in [1.165, 1.54) is 18.4 Å². The summed E-state index contributed by atoms with van der Waals surface area (Å²) in [5.41, 5.74) is 1.96. The van der Waals surface area contributed by atoms with E-state index in [0.29, 0.717) is 24.1 Å². The van der Waals surface area contributed by atoms with Crippen LogP contribution >= 0.6 is 0 Å². The number of anilines is 1. The highest BCUT2D eigenvalue weighted by molar-refractivity contribution is 6.02. The molecule has 0 radical (unpaired) electrons. The van der Waals surface area contributed by atoms with Crippen LogP contribution < -0.4 is 20.9 Å². The Morgan fingerprint density at radius 3 is 2.32 bits per heavy atom. The molecule has 1 aromatic heterocycles. The Morgan fingerprint density at radius 1 is 0.872 bits per heavy atom. The number of unbranched alkanes of at least 4 members (excludes halogenated alkanes) is 1. The number of alkyl carbamates (subject to hydrolysis) is 1.